The summed E-state index contributed by atoms with van der Waals surface area (Å²) < 4.78 is 6.23. The lowest BCUT2D eigenvalue weighted by Gasteiger charge is -2.27. The zero-order valence-electron chi connectivity index (χ0n) is 12.1. The first kappa shape index (κ1) is 14.8. The minimum Gasteiger partial charge on any atom is -0.423 e. The second-order valence-corrected chi connectivity index (χ2v) is 6.36. The van der Waals surface area contributed by atoms with Gasteiger partial charge >= 0.3 is 5.63 Å². The summed E-state index contributed by atoms with van der Waals surface area (Å²) in [5.41, 5.74) is 1.41. The maximum atomic E-state index is 11.8. The van der Waals surface area contributed by atoms with Crippen molar-refractivity contribution in [3.8, 4) is 0 Å². The summed E-state index contributed by atoms with van der Waals surface area (Å²) in [5.74, 6) is 0. The first-order chi connectivity index (χ1) is 10.2. The fraction of sp³-hybridized carbons (Fsp3) is 0.438. The molecule has 0 radical (unpaired) electrons. The Balaban J connectivity index is 1.97. The number of benzene rings is 1. The molecular formula is C16H19BrN2O2. The molecule has 4 nitrogen and oxygen atoms in total. The Morgan fingerprint density at radius 2 is 2.29 bits per heavy atom. The maximum absolute atomic E-state index is 11.8. The summed E-state index contributed by atoms with van der Waals surface area (Å²) >= 11 is 3.42. The van der Waals surface area contributed by atoms with E-state index in [2.05, 4.69) is 33.1 Å². The van der Waals surface area contributed by atoms with E-state index in [1.165, 1.54) is 6.42 Å². The summed E-state index contributed by atoms with van der Waals surface area (Å²) in [4.78, 5) is 14.2. The molecule has 1 saturated heterocycles. The monoisotopic (exact) mass is 350 g/mol. The lowest BCUT2D eigenvalue weighted by molar-refractivity contribution is 0.211. The van der Waals surface area contributed by atoms with Crippen LogP contribution in [0.3, 0.4) is 0 Å². The van der Waals surface area contributed by atoms with Crippen LogP contribution in [0.1, 0.15) is 18.9 Å². The molecule has 1 aliphatic rings. The van der Waals surface area contributed by atoms with Gasteiger partial charge in [0.25, 0.3) is 0 Å². The molecule has 1 atom stereocenters. The van der Waals surface area contributed by atoms with E-state index in [4.69, 9.17) is 4.42 Å². The highest BCUT2D eigenvalue weighted by atomic mass is 79.9. The molecule has 1 fully saturated rings. The molecule has 5 heteroatoms. The van der Waals surface area contributed by atoms with Crippen molar-refractivity contribution in [3.63, 3.8) is 0 Å². The normalized spacial score (nSPS) is 18.7. The van der Waals surface area contributed by atoms with E-state index in [-0.39, 0.29) is 5.63 Å². The van der Waals surface area contributed by atoms with E-state index in [0.29, 0.717) is 11.6 Å². The van der Waals surface area contributed by atoms with Crippen molar-refractivity contribution < 1.29 is 4.42 Å². The largest absolute Gasteiger partial charge is 0.423 e. The molecule has 2 aromatic rings. The molecule has 2 heterocycles. The van der Waals surface area contributed by atoms with Crippen LogP contribution < -0.4 is 10.9 Å². The molecule has 0 aliphatic carbocycles. The molecule has 0 bridgehead atoms. The predicted octanol–water partition coefficient (Wildman–Crippen LogP) is 2.74. The van der Waals surface area contributed by atoms with Gasteiger partial charge < -0.3 is 9.73 Å². The third-order valence-electron chi connectivity index (χ3n) is 4.12. The van der Waals surface area contributed by atoms with Crippen LogP contribution in [-0.4, -0.2) is 30.6 Å². The van der Waals surface area contributed by atoms with Crippen LogP contribution in [0.15, 0.2) is 37.9 Å². The number of likely N-dealkylation sites (N-methyl/N-ethyl adjacent to an activating group) is 1. The standard InChI is InChI=1S/C16H19BrN2O2/c1-2-19(13-5-6-18-9-13)10-11-7-16(20)21-15-8-12(17)3-4-14(11)15/h3-4,7-8,13,18H,2,5-6,9-10H2,1H3. The van der Waals surface area contributed by atoms with Crippen LogP contribution in [0.25, 0.3) is 11.0 Å². The highest BCUT2D eigenvalue weighted by molar-refractivity contribution is 9.10. The SMILES string of the molecule is CCN(Cc1cc(=O)oc2cc(Br)ccc12)C1CCNC1. The Morgan fingerprint density at radius 1 is 1.43 bits per heavy atom. The van der Waals surface area contributed by atoms with Crippen molar-refractivity contribution in [3.05, 3.63) is 44.7 Å². The molecule has 1 unspecified atom stereocenters. The summed E-state index contributed by atoms with van der Waals surface area (Å²) in [6, 6.07) is 8.03. The Morgan fingerprint density at radius 3 is 3.00 bits per heavy atom. The van der Waals surface area contributed by atoms with Gasteiger partial charge in [0.15, 0.2) is 0 Å². The van der Waals surface area contributed by atoms with Crippen molar-refractivity contribution in [1.29, 1.82) is 0 Å². The number of fused-ring (bicyclic) bond motifs is 1. The van der Waals surface area contributed by atoms with Crippen molar-refractivity contribution in [1.82, 2.24) is 10.2 Å². The van der Waals surface area contributed by atoms with Crippen LogP contribution >= 0.6 is 15.9 Å². The van der Waals surface area contributed by atoms with Gasteiger partial charge in [-0.2, -0.15) is 0 Å². The van der Waals surface area contributed by atoms with Crippen LogP contribution in [0, 0.1) is 0 Å². The minimum atomic E-state index is -0.281. The van der Waals surface area contributed by atoms with Crippen molar-refractivity contribution in [2.45, 2.75) is 25.9 Å². The van der Waals surface area contributed by atoms with Gasteiger partial charge in [-0.3, -0.25) is 4.90 Å². The lowest BCUT2D eigenvalue weighted by atomic mass is 10.1. The fourth-order valence-corrected chi connectivity index (χ4v) is 3.34. The van der Waals surface area contributed by atoms with Crippen molar-refractivity contribution >= 4 is 26.9 Å². The third kappa shape index (κ3) is 3.20. The number of halogens is 1. The first-order valence-corrected chi connectivity index (χ1v) is 8.13. The second-order valence-electron chi connectivity index (χ2n) is 5.44. The van der Waals surface area contributed by atoms with Gasteiger partial charge in [-0.15, -0.1) is 0 Å². The zero-order valence-corrected chi connectivity index (χ0v) is 13.6. The summed E-state index contributed by atoms with van der Waals surface area (Å²) in [5, 5.41) is 4.42. The van der Waals surface area contributed by atoms with E-state index >= 15 is 0 Å². The number of rotatable bonds is 4. The number of nitrogens with one attached hydrogen (secondary N) is 1. The van der Waals surface area contributed by atoms with Gasteiger partial charge in [0, 0.05) is 35.1 Å². The summed E-state index contributed by atoms with van der Waals surface area (Å²) in [6.07, 6.45) is 1.17. The average Bonchev–Trinajstić information content (AvgIpc) is 2.97. The van der Waals surface area contributed by atoms with Gasteiger partial charge in [-0.25, -0.2) is 4.79 Å². The van der Waals surface area contributed by atoms with Gasteiger partial charge in [-0.1, -0.05) is 22.9 Å². The zero-order chi connectivity index (χ0) is 14.8. The van der Waals surface area contributed by atoms with Crippen LogP contribution in [0.2, 0.25) is 0 Å². The topological polar surface area (TPSA) is 45.5 Å². The second kappa shape index (κ2) is 6.30. The molecule has 1 aromatic heterocycles. The van der Waals surface area contributed by atoms with E-state index in [1.54, 1.807) is 6.07 Å². The van der Waals surface area contributed by atoms with E-state index in [9.17, 15) is 4.79 Å². The van der Waals surface area contributed by atoms with E-state index in [0.717, 1.165) is 41.6 Å². The first-order valence-electron chi connectivity index (χ1n) is 7.34. The molecule has 1 aliphatic heterocycles. The quantitative estimate of drug-likeness (QED) is 0.861. The lowest BCUT2D eigenvalue weighted by Crippen LogP contribution is -2.36. The van der Waals surface area contributed by atoms with Gasteiger partial charge in [0.05, 0.1) is 0 Å². The Kier molecular flexibility index (Phi) is 4.42. The maximum Gasteiger partial charge on any atom is 0.336 e. The van der Waals surface area contributed by atoms with Crippen LogP contribution in [-0.2, 0) is 6.54 Å². The molecule has 1 N–H and O–H groups in total. The van der Waals surface area contributed by atoms with Crippen LogP contribution in [0.5, 0.6) is 0 Å². The Hall–Kier alpha value is -1.17. The molecule has 21 heavy (non-hydrogen) atoms. The summed E-state index contributed by atoms with van der Waals surface area (Å²) in [7, 11) is 0. The number of nitrogens with zero attached hydrogens (tertiary/aromatic N) is 1. The van der Waals surface area contributed by atoms with Gasteiger partial charge in [-0.05, 0) is 43.3 Å². The molecular weight excluding hydrogens is 332 g/mol. The molecule has 0 amide bonds. The van der Waals surface area contributed by atoms with Gasteiger partial charge in [0.1, 0.15) is 5.58 Å². The highest BCUT2D eigenvalue weighted by Crippen LogP contribution is 2.23. The van der Waals surface area contributed by atoms with Gasteiger partial charge in [0.2, 0.25) is 0 Å². The average molecular weight is 351 g/mol. The molecule has 0 saturated carbocycles. The molecule has 1 aromatic carbocycles. The molecule has 0 spiro atoms. The Bertz CT molecular complexity index is 692. The van der Waals surface area contributed by atoms with E-state index < -0.39 is 0 Å². The number of hydrogen-bond acceptors (Lipinski definition) is 4. The molecule has 112 valence electrons. The van der Waals surface area contributed by atoms with E-state index in [1.807, 2.05) is 18.2 Å². The highest BCUT2D eigenvalue weighted by Gasteiger charge is 2.22. The fourth-order valence-electron chi connectivity index (χ4n) is 3.00. The minimum absolute atomic E-state index is 0.281. The molecule has 3 rings (SSSR count). The predicted molar refractivity (Wildman–Crippen MR) is 87.5 cm³/mol. The van der Waals surface area contributed by atoms with Crippen molar-refractivity contribution in [2.24, 2.45) is 0 Å². The van der Waals surface area contributed by atoms with Crippen molar-refractivity contribution in [2.75, 3.05) is 19.6 Å². The van der Waals surface area contributed by atoms with Crippen LogP contribution in [0.4, 0.5) is 0 Å². The Labute approximate surface area is 132 Å². The summed E-state index contributed by atoms with van der Waals surface area (Å²) in [6.45, 7) is 6.03. The smallest absolute Gasteiger partial charge is 0.336 e. The third-order valence-corrected chi connectivity index (χ3v) is 4.62. The number of hydrogen-bond donors (Lipinski definition) is 1.